The normalized spacial score (nSPS) is 11.0. The number of furan rings is 1. The van der Waals surface area contributed by atoms with E-state index in [1.54, 1.807) is 42.5 Å². The van der Waals surface area contributed by atoms with Gasteiger partial charge in [0.1, 0.15) is 5.76 Å². The highest BCUT2D eigenvalue weighted by molar-refractivity contribution is 7.92. The van der Waals surface area contributed by atoms with E-state index >= 15 is 0 Å². The number of carbonyl (C=O) groups is 2. The zero-order chi connectivity index (χ0) is 21.6. The lowest BCUT2D eigenvalue weighted by atomic mass is 10.2. The second-order valence-electron chi connectivity index (χ2n) is 6.37. The van der Waals surface area contributed by atoms with Crippen LogP contribution >= 0.6 is 0 Å². The van der Waals surface area contributed by atoms with E-state index in [-0.39, 0.29) is 29.5 Å². The molecule has 2 amide bonds. The highest BCUT2D eigenvalue weighted by Gasteiger charge is 2.21. The van der Waals surface area contributed by atoms with E-state index in [9.17, 15) is 18.0 Å². The molecule has 0 aliphatic heterocycles. The highest BCUT2D eigenvalue weighted by Crippen LogP contribution is 2.21. The molecule has 0 spiro atoms. The van der Waals surface area contributed by atoms with Gasteiger partial charge in [-0.2, -0.15) is 0 Å². The Labute approximate surface area is 174 Å². The number of rotatable bonds is 8. The monoisotopic (exact) mass is 427 g/mol. The van der Waals surface area contributed by atoms with Gasteiger partial charge in [0.05, 0.1) is 29.9 Å². The van der Waals surface area contributed by atoms with Crippen LogP contribution < -0.4 is 14.9 Å². The van der Waals surface area contributed by atoms with Crippen LogP contribution in [-0.2, 0) is 21.4 Å². The lowest BCUT2D eigenvalue weighted by Crippen LogP contribution is -2.36. The third kappa shape index (κ3) is 5.06. The molecule has 0 fully saturated rings. The van der Waals surface area contributed by atoms with E-state index in [4.69, 9.17) is 4.42 Å². The van der Waals surface area contributed by atoms with Crippen LogP contribution in [-0.4, -0.2) is 33.8 Å². The molecule has 2 aromatic carbocycles. The predicted octanol–water partition coefficient (Wildman–Crippen LogP) is 2.15. The van der Waals surface area contributed by atoms with Gasteiger partial charge in [-0.15, -0.1) is 0 Å². The van der Waals surface area contributed by atoms with Crippen molar-refractivity contribution in [2.24, 2.45) is 0 Å². The van der Waals surface area contributed by atoms with Crippen molar-refractivity contribution in [3.05, 3.63) is 84.3 Å². The number of hydrogen-bond donors (Lipinski definition) is 2. The van der Waals surface area contributed by atoms with E-state index < -0.39 is 15.9 Å². The number of anilines is 1. The molecule has 8 nitrogen and oxygen atoms in total. The van der Waals surface area contributed by atoms with E-state index in [0.717, 1.165) is 0 Å². The van der Waals surface area contributed by atoms with Gasteiger partial charge in [0.2, 0.25) is 5.91 Å². The lowest BCUT2D eigenvalue weighted by Gasteiger charge is -2.19. The molecule has 1 aromatic heterocycles. The first-order chi connectivity index (χ1) is 14.4. The molecule has 3 aromatic rings. The largest absolute Gasteiger partial charge is 0.467 e. The molecule has 0 bridgehead atoms. The van der Waals surface area contributed by atoms with Gasteiger partial charge in [0, 0.05) is 12.6 Å². The van der Waals surface area contributed by atoms with Gasteiger partial charge in [0.15, 0.2) is 0 Å². The Morgan fingerprint density at radius 2 is 1.63 bits per heavy atom. The molecular formula is C21H21N3O5S. The molecule has 30 heavy (non-hydrogen) atoms. The van der Waals surface area contributed by atoms with Gasteiger partial charge >= 0.3 is 0 Å². The van der Waals surface area contributed by atoms with E-state index in [1.165, 1.54) is 41.9 Å². The minimum Gasteiger partial charge on any atom is -0.467 e. The van der Waals surface area contributed by atoms with Crippen molar-refractivity contribution >= 4 is 27.5 Å². The molecule has 1 heterocycles. The Morgan fingerprint density at radius 3 is 2.27 bits per heavy atom. The third-order valence-corrected chi connectivity index (χ3v) is 6.14. The maximum atomic E-state index is 12.8. The quantitative estimate of drug-likeness (QED) is 0.573. The van der Waals surface area contributed by atoms with Crippen molar-refractivity contribution in [2.75, 3.05) is 17.9 Å². The minimum atomic E-state index is -3.76. The molecule has 0 saturated carbocycles. The molecule has 156 valence electrons. The molecule has 0 saturated heterocycles. The van der Waals surface area contributed by atoms with Gasteiger partial charge in [-0.05, 0) is 48.5 Å². The van der Waals surface area contributed by atoms with Gasteiger partial charge in [-0.25, -0.2) is 8.42 Å². The zero-order valence-corrected chi connectivity index (χ0v) is 17.1. The molecule has 2 N–H and O–H groups in total. The van der Waals surface area contributed by atoms with Crippen molar-refractivity contribution in [1.29, 1.82) is 0 Å². The van der Waals surface area contributed by atoms with Crippen molar-refractivity contribution in [3.8, 4) is 0 Å². The molecule has 3 rings (SSSR count). The molecule has 9 heteroatoms. The van der Waals surface area contributed by atoms with Gasteiger partial charge in [-0.1, -0.05) is 18.2 Å². The Balaban J connectivity index is 1.58. The summed E-state index contributed by atoms with van der Waals surface area (Å²) in [6.07, 6.45) is 1.50. The fourth-order valence-electron chi connectivity index (χ4n) is 2.64. The number of nitrogens with one attached hydrogen (secondary N) is 2. The van der Waals surface area contributed by atoms with Gasteiger partial charge in [-0.3, -0.25) is 13.9 Å². The first kappa shape index (κ1) is 21.1. The van der Waals surface area contributed by atoms with Crippen LogP contribution in [0.4, 0.5) is 5.69 Å². The topological polar surface area (TPSA) is 109 Å². The van der Waals surface area contributed by atoms with Crippen molar-refractivity contribution < 1.29 is 22.4 Å². The average molecular weight is 427 g/mol. The molecule has 0 aliphatic carbocycles. The van der Waals surface area contributed by atoms with E-state index in [1.807, 2.05) is 0 Å². The Morgan fingerprint density at radius 1 is 0.933 bits per heavy atom. The van der Waals surface area contributed by atoms with Crippen molar-refractivity contribution in [1.82, 2.24) is 10.6 Å². The summed E-state index contributed by atoms with van der Waals surface area (Å²) in [5.74, 6) is -0.251. The van der Waals surface area contributed by atoms with Gasteiger partial charge < -0.3 is 15.1 Å². The van der Waals surface area contributed by atoms with Crippen LogP contribution in [0.3, 0.4) is 0 Å². The summed E-state index contributed by atoms with van der Waals surface area (Å²) in [4.78, 5) is 24.1. The molecule has 0 radical (unpaired) electrons. The summed E-state index contributed by atoms with van der Waals surface area (Å²) in [5, 5.41) is 5.11. The average Bonchev–Trinajstić information content (AvgIpc) is 3.30. The summed E-state index contributed by atoms with van der Waals surface area (Å²) in [6, 6.07) is 17.7. The van der Waals surface area contributed by atoms with Crippen molar-refractivity contribution in [2.45, 2.75) is 11.4 Å². The zero-order valence-electron chi connectivity index (χ0n) is 16.2. The Kier molecular flexibility index (Phi) is 6.53. The van der Waals surface area contributed by atoms with Crippen LogP contribution in [0.25, 0.3) is 0 Å². The Bertz CT molecular complexity index is 1100. The van der Waals surface area contributed by atoms with E-state index in [2.05, 4.69) is 10.6 Å². The number of benzene rings is 2. The molecule has 0 unspecified atom stereocenters. The number of para-hydroxylation sites is 1. The fourth-order valence-corrected chi connectivity index (χ4v) is 3.83. The molecular weight excluding hydrogens is 406 g/mol. The first-order valence-corrected chi connectivity index (χ1v) is 10.5. The van der Waals surface area contributed by atoms with E-state index in [0.29, 0.717) is 11.4 Å². The number of amides is 2. The summed E-state index contributed by atoms with van der Waals surface area (Å²) in [7, 11) is -2.30. The summed E-state index contributed by atoms with van der Waals surface area (Å²) >= 11 is 0. The lowest BCUT2D eigenvalue weighted by molar-refractivity contribution is -0.120. The minimum absolute atomic E-state index is 0.0570. The number of nitrogens with zero attached hydrogens (tertiary/aromatic N) is 1. The number of hydrogen-bond acceptors (Lipinski definition) is 5. The Hall–Kier alpha value is -3.59. The van der Waals surface area contributed by atoms with Crippen molar-refractivity contribution in [3.63, 3.8) is 0 Å². The summed E-state index contributed by atoms with van der Waals surface area (Å²) in [5.41, 5.74) is 0.773. The van der Waals surface area contributed by atoms with Crippen LogP contribution in [0.2, 0.25) is 0 Å². The van der Waals surface area contributed by atoms with Gasteiger partial charge in [0.25, 0.3) is 15.9 Å². The van der Waals surface area contributed by atoms with Crippen LogP contribution in [0.15, 0.2) is 82.3 Å². The fraction of sp³-hybridized carbons (Fsp3) is 0.143. The number of sulfonamides is 1. The maximum absolute atomic E-state index is 12.8. The first-order valence-electron chi connectivity index (χ1n) is 9.09. The second kappa shape index (κ2) is 9.27. The van der Waals surface area contributed by atoms with Crippen LogP contribution in [0, 0.1) is 0 Å². The smallest absolute Gasteiger partial charge is 0.264 e. The SMILES string of the molecule is CN(c1ccccc1)S(=O)(=O)c1ccc(C(=O)NCC(=O)NCc2ccco2)cc1. The summed E-state index contributed by atoms with van der Waals surface area (Å²) in [6.45, 7) is 0.0134. The standard InChI is InChI=1S/C21H21N3O5S/c1-24(17-6-3-2-4-7-17)30(27,28)19-11-9-16(10-12-19)21(26)23-15-20(25)22-14-18-8-5-13-29-18/h2-13H,14-15H2,1H3,(H,22,25)(H,23,26). The van der Waals surface area contributed by atoms with Crippen LogP contribution in [0.5, 0.6) is 0 Å². The predicted molar refractivity (Wildman–Crippen MR) is 111 cm³/mol. The molecule has 0 aliphatic rings. The molecule has 0 atom stereocenters. The number of carbonyl (C=O) groups excluding carboxylic acids is 2. The summed E-state index contributed by atoms with van der Waals surface area (Å²) < 4.78 is 31.8. The van der Waals surface area contributed by atoms with Crippen LogP contribution in [0.1, 0.15) is 16.1 Å². The third-order valence-electron chi connectivity index (χ3n) is 4.34. The second-order valence-corrected chi connectivity index (χ2v) is 8.34. The highest BCUT2D eigenvalue weighted by atomic mass is 32.2. The maximum Gasteiger partial charge on any atom is 0.264 e.